The highest BCUT2D eigenvalue weighted by Crippen LogP contribution is 2.39. The number of hydrogen-bond acceptors (Lipinski definition) is 5. The van der Waals surface area contributed by atoms with Crippen molar-refractivity contribution >= 4 is 41.3 Å². The monoisotopic (exact) mass is 606 g/mol. The first-order chi connectivity index (χ1) is 20.5. The van der Waals surface area contributed by atoms with Crippen LogP contribution in [0.2, 0.25) is 5.02 Å². The number of aliphatic imine (C=N–C) groups is 1. The normalized spacial score (nSPS) is 14.5. The van der Waals surface area contributed by atoms with Crippen molar-refractivity contribution in [3.63, 3.8) is 0 Å². The third-order valence-corrected chi connectivity index (χ3v) is 7.96. The minimum Gasteiger partial charge on any atom is -0.444 e. The van der Waals surface area contributed by atoms with E-state index < -0.39 is 11.4 Å². The Kier molecular flexibility index (Phi) is 10.2. The lowest BCUT2D eigenvalue weighted by Gasteiger charge is -2.34. The number of halogens is 2. The van der Waals surface area contributed by atoms with Gasteiger partial charge in [-0.25, -0.2) is 14.2 Å². The lowest BCUT2D eigenvalue weighted by Crippen LogP contribution is -2.43. The van der Waals surface area contributed by atoms with Gasteiger partial charge in [-0.3, -0.25) is 14.7 Å². The number of carbonyl (C=O) groups is 2. The van der Waals surface area contributed by atoms with Gasteiger partial charge in [-0.1, -0.05) is 55.8 Å². The lowest BCUT2D eigenvalue weighted by atomic mass is 9.87. The molecule has 2 heterocycles. The Morgan fingerprint density at radius 1 is 1.12 bits per heavy atom. The Bertz CT molecular complexity index is 1490. The molecule has 1 aromatic heterocycles. The molecule has 0 N–H and O–H groups in total. The molecule has 0 atom stereocenters. The minimum atomic E-state index is -0.578. The fourth-order valence-electron chi connectivity index (χ4n) is 5.61. The van der Waals surface area contributed by atoms with E-state index in [-0.39, 0.29) is 28.3 Å². The molecule has 0 bridgehead atoms. The maximum Gasteiger partial charge on any atom is 0.410 e. The van der Waals surface area contributed by atoms with Crippen LogP contribution < -0.4 is 4.90 Å². The maximum absolute atomic E-state index is 15.0. The first-order valence-electron chi connectivity index (χ1n) is 14.8. The molecular formula is C34H40ClFN4O3. The molecule has 2 amide bonds. The van der Waals surface area contributed by atoms with Crippen molar-refractivity contribution in [1.82, 2.24) is 9.88 Å². The number of benzene rings is 2. The van der Waals surface area contributed by atoms with Crippen LogP contribution in [-0.4, -0.2) is 53.8 Å². The molecule has 0 aliphatic carbocycles. The highest BCUT2D eigenvalue weighted by molar-refractivity contribution is 6.33. The summed E-state index contributed by atoms with van der Waals surface area (Å²) < 4.78 is 20.6. The third kappa shape index (κ3) is 7.07. The number of nitrogens with zero attached hydrogens (tertiary/aromatic N) is 4. The van der Waals surface area contributed by atoms with E-state index in [0.29, 0.717) is 50.2 Å². The fraction of sp³-hybridized carbons (Fsp3) is 0.412. The number of anilines is 2. The zero-order valence-electron chi connectivity index (χ0n) is 25.8. The van der Waals surface area contributed by atoms with Crippen LogP contribution >= 0.6 is 11.6 Å². The van der Waals surface area contributed by atoms with Crippen LogP contribution in [0.4, 0.5) is 20.7 Å². The van der Waals surface area contributed by atoms with Gasteiger partial charge in [0.15, 0.2) is 0 Å². The molecular weight excluding hydrogens is 567 g/mol. The lowest BCUT2D eigenvalue weighted by molar-refractivity contribution is -0.106. The molecule has 43 heavy (non-hydrogen) atoms. The molecule has 0 spiro atoms. The van der Waals surface area contributed by atoms with Gasteiger partial charge in [-0.05, 0) is 75.8 Å². The summed E-state index contributed by atoms with van der Waals surface area (Å²) in [5.74, 6) is -0.154. The van der Waals surface area contributed by atoms with Crippen LogP contribution in [0.3, 0.4) is 0 Å². The minimum absolute atomic E-state index is 0.0276. The number of aryl methyl sites for hydroxylation is 2. The van der Waals surface area contributed by atoms with Crippen molar-refractivity contribution < 1.29 is 18.7 Å². The van der Waals surface area contributed by atoms with E-state index in [1.165, 1.54) is 6.07 Å². The Morgan fingerprint density at radius 2 is 1.74 bits per heavy atom. The van der Waals surface area contributed by atoms with Crippen molar-refractivity contribution in [3.05, 3.63) is 76.1 Å². The largest absolute Gasteiger partial charge is 0.444 e. The number of likely N-dealkylation sites (tertiary alicyclic amines) is 1. The predicted octanol–water partition coefficient (Wildman–Crippen LogP) is 8.03. The summed E-state index contributed by atoms with van der Waals surface area (Å²) in [5.41, 5.74) is 3.97. The Labute approximate surface area is 258 Å². The first kappa shape index (κ1) is 32.1. The van der Waals surface area contributed by atoms with Crippen molar-refractivity contribution in [3.8, 4) is 11.3 Å². The van der Waals surface area contributed by atoms with Crippen LogP contribution in [0.25, 0.3) is 11.3 Å². The number of pyridine rings is 1. The van der Waals surface area contributed by atoms with Crippen LogP contribution in [0.15, 0.2) is 53.5 Å². The molecule has 9 heteroatoms. The summed E-state index contributed by atoms with van der Waals surface area (Å²) >= 11 is 6.82. The topological polar surface area (TPSA) is 75.1 Å². The number of carbonyl (C=O) groups excluding carboxylic acids is 2. The van der Waals surface area contributed by atoms with E-state index in [9.17, 15) is 9.59 Å². The second-order valence-electron chi connectivity index (χ2n) is 11.6. The summed E-state index contributed by atoms with van der Waals surface area (Å²) in [5, 5.41) is 0.251. The number of aromatic nitrogens is 1. The highest BCUT2D eigenvalue weighted by atomic mass is 35.5. The van der Waals surface area contributed by atoms with Crippen molar-refractivity contribution in [2.75, 3.05) is 25.0 Å². The number of amides is 2. The SMILES string of the molecule is CCc1cccc(CC)c1N(C=O)c1nc(-c2ccccc2F)c(Cl)cc1/C(=N\C)C1CCN(C(=O)OC(C)(C)C)CC1. The number of ether oxygens (including phenoxy) is 1. The van der Waals surface area contributed by atoms with E-state index in [1.54, 1.807) is 41.1 Å². The number of rotatable bonds is 8. The van der Waals surface area contributed by atoms with Crippen LogP contribution in [0, 0.1) is 11.7 Å². The molecule has 0 radical (unpaired) electrons. The zero-order chi connectivity index (χ0) is 31.3. The van der Waals surface area contributed by atoms with Crippen molar-refractivity contribution in [2.45, 2.75) is 65.9 Å². The summed E-state index contributed by atoms with van der Waals surface area (Å²) in [6.45, 7) is 10.6. The van der Waals surface area contributed by atoms with Gasteiger partial charge < -0.3 is 9.64 Å². The molecule has 0 saturated carbocycles. The molecule has 4 rings (SSSR count). The quantitative estimate of drug-likeness (QED) is 0.192. The first-order valence-corrected chi connectivity index (χ1v) is 15.2. The smallest absolute Gasteiger partial charge is 0.410 e. The molecule has 1 aliphatic rings. The predicted molar refractivity (Wildman–Crippen MR) is 171 cm³/mol. The van der Waals surface area contributed by atoms with Gasteiger partial charge in [0.05, 0.1) is 16.4 Å². The molecule has 3 aromatic rings. The highest BCUT2D eigenvalue weighted by Gasteiger charge is 2.32. The second kappa shape index (κ2) is 13.7. The van der Waals surface area contributed by atoms with Gasteiger partial charge >= 0.3 is 6.09 Å². The molecule has 0 unspecified atom stereocenters. The van der Waals surface area contributed by atoms with Gasteiger partial charge in [0.1, 0.15) is 17.2 Å². The van der Waals surface area contributed by atoms with Crippen LogP contribution in [0.1, 0.15) is 64.2 Å². The third-order valence-electron chi connectivity index (χ3n) is 7.67. The maximum atomic E-state index is 15.0. The van der Waals surface area contributed by atoms with Crippen LogP contribution in [0.5, 0.6) is 0 Å². The average Bonchev–Trinajstić information content (AvgIpc) is 2.98. The molecule has 7 nitrogen and oxygen atoms in total. The molecule has 1 saturated heterocycles. The average molecular weight is 607 g/mol. The van der Waals surface area contributed by atoms with Gasteiger partial charge in [0.2, 0.25) is 6.41 Å². The number of hydrogen-bond donors (Lipinski definition) is 0. The summed E-state index contributed by atoms with van der Waals surface area (Å²) in [4.78, 5) is 38.6. The summed E-state index contributed by atoms with van der Waals surface area (Å²) in [6, 6.07) is 14.0. The Morgan fingerprint density at radius 3 is 2.28 bits per heavy atom. The molecule has 2 aromatic carbocycles. The van der Waals surface area contributed by atoms with Gasteiger partial charge in [0.25, 0.3) is 0 Å². The standard InChI is InChI=1S/C34H40ClFN4O3/c1-7-22-12-11-13-23(8-2)31(22)40(21-41)32-26(20-27(35)30(38-32)25-14-9-10-15-28(25)36)29(37-6)24-16-18-39(19-17-24)33(42)43-34(3,4)5/h9-15,20-21,24H,7-8,16-19H2,1-6H3/b37-29-. The van der Waals surface area contributed by atoms with Crippen LogP contribution in [-0.2, 0) is 22.4 Å². The number of para-hydroxylation sites is 1. The van der Waals surface area contributed by atoms with E-state index in [0.717, 1.165) is 28.9 Å². The summed E-state index contributed by atoms with van der Waals surface area (Å²) in [6.07, 6.45) is 3.12. The van der Waals surface area contributed by atoms with Gasteiger partial charge in [0, 0.05) is 42.9 Å². The Balaban J connectivity index is 1.84. The van der Waals surface area contributed by atoms with E-state index in [1.807, 2.05) is 52.8 Å². The molecule has 1 aliphatic heterocycles. The van der Waals surface area contributed by atoms with Crippen molar-refractivity contribution in [1.29, 1.82) is 0 Å². The number of piperidine rings is 1. The fourth-order valence-corrected chi connectivity index (χ4v) is 5.86. The molecule has 228 valence electrons. The van der Waals surface area contributed by atoms with Gasteiger partial charge in [-0.2, -0.15) is 0 Å². The van der Waals surface area contributed by atoms with E-state index in [4.69, 9.17) is 26.3 Å². The zero-order valence-corrected chi connectivity index (χ0v) is 26.5. The second-order valence-corrected chi connectivity index (χ2v) is 12.0. The van der Waals surface area contributed by atoms with Gasteiger partial charge in [-0.15, -0.1) is 0 Å². The summed E-state index contributed by atoms with van der Waals surface area (Å²) in [7, 11) is 1.71. The van der Waals surface area contributed by atoms with E-state index >= 15 is 4.39 Å². The Hall–Kier alpha value is -3.78. The molecule has 1 fully saturated rings. The van der Waals surface area contributed by atoms with E-state index in [2.05, 4.69) is 0 Å². The van der Waals surface area contributed by atoms with Crippen molar-refractivity contribution in [2.24, 2.45) is 10.9 Å².